The summed E-state index contributed by atoms with van der Waals surface area (Å²) in [6, 6.07) is 15.2. The zero-order valence-corrected chi connectivity index (χ0v) is 20.8. The van der Waals surface area contributed by atoms with Crippen molar-refractivity contribution in [3.05, 3.63) is 87.1 Å². The fourth-order valence-electron chi connectivity index (χ4n) is 4.77. The molecule has 4 rings (SSSR count). The largest absolute Gasteiger partial charge is 0.491 e. The number of aromatic amines is 1. The Morgan fingerprint density at radius 2 is 1.77 bits per heavy atom. The smallest absolute Gasteiger partial charge is 0.254 e. The Hall–Kier alpha value is -3.41. The highest BCUT2D eigenvalue weighted by atomic mass is 16.5. The van der Waals surface area contributed by atoms with Gasteiger partial charge in [-0.1, -0.05) is 50.2 Å². The van der Waals surface area contributed by atoms with Gasteiger partial charge in [-0.2, -0.15) is 0 Å². The minimum absolute atomic E-state index is 0.0341. The number of hydrogen-bond acceptors (Lipinski definition) is 5. The van der Waals surface area contributed by atoms with Gasteiger partial charge in [-0.25, -0.2) is 4.98 Å². The summed E-state index contributed by atoms with van der Waals surface area (Å²) in [5, 5.41) is 0. The van der Waals surface area contributed by atoms with Gasteiger partial charge in [-0.05, 0) is 50.7 Å². The van der Waals surface area contributed by atoms with Gasteiger partial charge in [0.15, 0.2) is 11.5 Å². The normalized spacial score (nSPS) is 13.6. The molecule has 2 heterocycles. The second kappa shape index (κ2) is 11.8. The molecule has 0 atom stereocenters. The number of ketones is 1. The first-order valence-electron chi connectivity index (χ1n) is 12.8. The summed E-state index contributed by atoms with van der Waals surface area (Å²) in [6.45, 7) is 6.37. The Kier molecular flexibility index (Phi) is 8.35. The molecule has 1 aliphatic rings. The Bertz CT molecular complexity index is 1200. The van der Waals surface area contributed by atoms with Gasteiger partial charge < -0.3 is 14.6 Å². The molecule has 35 heavy (non-hydrogen) atoms. The van der Waals surface area contributed by atoms with Crippen LogP contribution in [0.4, 0.5) is 5.69 Å². The van der Waals surface area contributed by atoms with E-state index >= 15 is 0 Å². The molecule has 6 heteroatoms. The number of aromatic nitrogens is 2. The summed E-state index contributed by atoms with van der Waals surface area (Å²) in [4.78, 5) is 35.7. The van der Waals surface area contributed by atoms with Crippen molar-refractivity contribution in [1.29, 1.82) is 0 Å². The van der Waals surface area contributed by atoms with Gasteiger partial charge in [0, 0.05) is 30.6 Å². The lowest BCUT2D eigenvalue weighted by atomic mass is 10.0. The molecule has 3 aromatic rings. The van der Waals surface area contributed by atoms with E-state index in [9.17, 15) is 9.59 Å². The van der Waals surface area contributed by atoms with Crippen LogP contribution in [0.25, 0.3) is 0 Å². The van der Waals surface area contributed by atoms with Gasteiger partial charge in [-0.15, -0.1) is 0 Å². The second-order valence-electron chi connectivity index (χ2n) is 8.99. The Labute approximate surface area is 207 Å². The number of hydrogen-bond donors (Lipinski definition) is 1. The van der Waals surface area contributed by atoms with Gasteiger partial charge in [0.2, 0.25) is 0 Å². The number of nitrogens with zero attached hydrogens (tertiary/aromatic N) is 2. The lowest BCUT2D eigenvalue weighted by Crippen LogP contribution is -2.30. The van der Waals surface area contributed by atoms with Gasteiger partial charge in [0.05, 0.1) is 23.6 Å². The highest BCUT2D eigenvalue weighted by molar-refractivity contribution is 6.11. The molecule has 6 nitrogen and oxygen atoms in total. The average Bonchev–Trinajstić information content (AvgIpc) is 2.91. The van der Waals surface area contributed by atoms with E-state index < -0.39 is 0 Å². The number of H-pyrrole nitrogens is 1. The Morgan fingerprint density at radius 1 is 1.00 bits per heavy atom. The van der Waals surface area contributed by atoms with Crippen LogP contribution >= 0.6 is 0 Å². The molecule has 1 fully saturated rings. The van der Waals surface area contributed by atoms with E-state index in [0.717, 1.165) is 49.3 Å². The summed E-state index contributed by atoms with van der Waals surface area (Å²) in [5.41, 5.74) is 3.83. The van der Waals surface area contributed by atoms with E-state index in [1.165, 1.54) is 6.42 Å². The summed E-state index contributed by atoms with van der Waals surface area (Å²) >= 11 is 0. The van der Waals surface area contributed by atoms with Crippen molar-refractivity contribution >= 4 is 11.5 Å². The topological polar surface area (TPSA) is 75.3 Å². The van der Waals surface area contributed by atoms with Crippen LogP contribution in [0, 0.1) is 0 Å². The molecular formula is C29H35N3O3. The van der Waals surface area contributed by atoms with Crippen LogP contribution in [0.2, 0.25) is 0 Å². The Balaban J connectivity index is 1.54. The van der Waals surface area contributed by atoms with Crippen molar-refractivity contribution in [3.8, 4) is 5.75 Å². The predicted octanol–water partition coefficient (Wildman–Crippen LogP) is 5.13. The summed E-state index contributed by atoms with van der Waals surface area (Å²) < 4.78 is 6.34. The molecule has 2 aromatic carbocycles. The maximum Gasteiger partial charge on any atom is 0.254 e. The summed E-state index contributed by atoms with van der Waals surface area (Å²) in [7, 11) is 0. The van der Waals surface area contributed by atoms with Crippen LogP contribution in [0.1, 0.15) is 72.5 Å². The maximum atomic E-state index is 13.4. The van der Waals surface area contributed by atoms with Crippen molar-refractivity contribution in [3.63, 3.8) is 0 Å². The first-order valence-corrected chi connectivity index (χ1v) is 12.8. The molecule has 0 amide bonds. The number of carbonyl (C=O) groups excluding carboxylic acids is 1. The van der Waals surface area contributed by atoms with Gasteiger partial charge >= 0.3 is 0 Å². The molecule has 0 unspecified atom stereocenters. The van der Waals surface area contributed by atoms with E-state index in [1.807, 2.05) is 56.3 Å². The van der Waals surface area contributed by atoms with Crippen LogP contribution < -0.4 is 15.2 Å². The van der Waals surface area contributed by atoms with Crippen LogP contribution in [-0.4, -0.2) is 35.4 Å². The van der Waals surface area contributed by atoms with Gasteiger partial charge in [0.25, 0.3) is 5.56 Å². The maximum absolute atomic E-state index is 13.4. The fraction of sp³-hybridized carbons (Fsp3) is 0.414. The molecule has 0 saturated carbocycles. The molecule has 1 N–H and O–H groups in total. The number of aryl methyl sites for hydroxylation is 2. The predicted molar refractivity (Wildman–Crippen MR) is 140 cm³/mol. The first-order chi connectivity index (χ1) is 17.1. The lowest BCUT2D eigenvalue weighted by Gasteiger charge is -2.31. The van der Waals surface area contributed by atoms with Crippen molar-refractivity contribution in [2.24, 2.45) is 0 Å². The van der Waals surface area contributed by atoms with Crippen molar-refractivity contribution in [1.82, 2.24) is 9.97 Å². The molecule has 0 aliphatic carbocycles. The van der Waals surface area contributed by atoms with Crippen molar-refractivity contribution in [2.75, 3.05) is 24.6 Å². The number of piperidine rings is 1. The minimum Gasteiger partial charge on any atom is -0.491 e. The summed E-state index contributed by atoms with van der Waals surface area (Å²) in [5.74, 6) is 1.31. The van der Waals surface area contributed by atoms with Crippen LogP contribution in [0.5, 0.6) is 5.75 Å². The minimum atomic E-state index is -0.0403. The number of nitrogens with one attached hydrogen (secondary N) is 1. The first kappa shape index (κ1) is 24.7. The average molecular weight is 474 g/mol. The van der Waals surface area contributed by atoms with E-state index in [2.05, 4.69) is 20.9 Å². The van der Waals surface area contributed by atoms with Crippen LogP contribution in [0.3, 0.4) is 0 Å². The number of ether oxygens (including phenoxy) is 1. The monoisotopic (exact) mass is 473 g/mol. The van der Waals surface area contributed by atoms with E-state index in [4.69, 9.17) is 4.74 Å². The number of anilines is 1. The molecule has 1 saturated heterocycles. The third-order valence-electron chi connectivity index (χ3n) is 6.61. The van der Waals surface area contributed by atoms with E-state index in [-0.39, 0.29) is 11.3 Å². The quantitative estimate of drug-likeness (QED) is 0.326. The highest BCUT2D eigenvalue weighted by Gasteiger charge is 2.22. The van der Waals surface area contributed by atoms with E-state index in [1.54, 1.807) is 0 Å². The lowest BCUT2D eigenvalue weighted by molar-refractivity contribution is 0.103. The third-order valence-corrected chi connectivity index (χ3v) is 6.61. The molecule has 0 radical (unpaired) electrons. The zero-order chi connectivity index (χ0) is 24.6. The third kappa shape index (κ3) is 5.81. The van der Waals surface area contributed by atoms with Crippen LogP contribution in [-0.2, 0) is 19.3 Å². The highest BCUT2D eigenvalue weighted by Crippen LogP contribution is 2.35. The molecule has 0 spiro atoms. The van der Waals surface area contributed by atoms with E-state index in [0.29, 0.717) is 48.6 Å². The van der Waals surface area contributed by atoms with Gasteiger partial charge in [-0.3, -0.25) is 9.59 Å². The number of rotatable bonds is 10. The molecular weight excluding hydrogens is 438 g/mol. The second-order valence-corrected chi connectivity index (χ2v) is 8.99. The SMILES string of the molecule is CCc1nc(CCCOc2c(C(=O)c3ccccc3)cccc2N2CCCCC2)[nH]c(=O)c1CC. The molecule has 1 aromatic heterocycles. The number of benzene rings is 2. The molecule has 184 valence electrons. The van der Waals surface area contributed by atoms with Crippen molar-refractivity contribution < 1.29 is 9.53 Å². The standard InChI is InChI=1S/C29H35N3O3/c1-3-22-24(4-2)30-26(31-29(22)34)17-12-20-35-28-23(27(33)21-13-7-5-8-14-21)15-11-16-25(28)32-18-9-6-10-19-32/h5,7-8,11,13-16H,3-4,6,9-10,12,17-20H2,1-2H3,(H,30,31,34). The Morgan fingerprint density at radius 3 is 2.49 bits per heavy atom. The fourth-order valence-corrected chi connectivity index (χ4v) is 4.77. The number of carbonyl (C=O) groups is 1. The molecule has 1 aliphatic heterocycles. The van der Waals surface area contributed by atoms with Crippen LogP contribution in [0.15, 0.2) is 53.3 Å². The number of para-hydroxylation sites is 1. The van der Waals surface area contributed by atoms with Gasteiger partial charge in [0.1, 0.15) is 5.82 Å². The molecule has 0 bridgehead atoms. The summed E-state index contributed by atoms with van der Waals surface area (Å²) in [6.07, 6.45) is 6.24. The zero-order valence-electron chi connectivity index (χ0n) is 20.8. The van der Waals surface area contributed by atoms with Crippen molar-refractivity contribution in [2.45, 2.75) is 58.8 Å².